The smallest absolute Gasteiger partial charge is 0.129 e. The summed E-state index contributed by atoms with van der Waals surface area (Å²) in [5, 5.41) is 11.3. The average molecular weight is 240 g/mol. The van der Waals surface area contributed by atoms with Crippen LogP contribution in [0.5, 0.6) is 0 Å². The van der Waals surface area contributed by atoms with E-state index in [1.807, 2.05) is 25.2 Å². The Morgan fingerprint density at radius 3 is 2.61 bits per heavy atom. The van der Waals surface area contributed by atoms with Crippen molar-refractivity contribution in [2.75, 3.05) is 5.73 Å². The molecule has 0 unspecified atom stereocenters. The molecule has 0 aliphatic carbocycles. The van der Waals surface area contributed by atoms with Gasteiger partial charge >= 0.3 is 0 Å². The predicted molar refractivity (Wildman–Crippen MR) is 68.4 cm³/mol. The van der Waals surface area contributed by atoms with Gasteiger partial charge in [0.25, 0.3) is 0 Å². The first-order valence-electron chi connectivity index (χ1n) is 5.50. The number of rotatable bonds is 2. The van der Waals surface area contributed by atoms with Gasteiger partial charge in [-0.3, -0.25) is 14.8 Å². The number of anilines is 1. The lowest BCUT2D eigenvalue weighted by atomic mass is 10.1. The Labute approximate surface area is 103 Å². The molecule has 0 aromatic carbocycles. The molecule has 3 N–H and O–H groups in total. The first kappa shape index (κ1) is 10.5. The summed E-state index contributed by atoms with van der Waals surface area (Å²) < 4.78 is 1.66. The first-order valence-corrected chi connectivity index (χ1v) is 5.50. The van der Waals surface area contributed by atoms with E-state index in [-0.39, 0.29) is 0 Å². The maximum absolute atomic E-state index is 6.09. The summed E-state index contributed by atoms with van der Waals surface area (Å²) >= 11 is 0. The normalized spacial score (nSPS) is 10.7. The maximum atomic E-state index is 6.09. The minimum absolute atomic E-state index is 0.616. The summed E-state index contributed by atoms with van der Waals surface area (Å²) in [5.74, 6) is 0.616. The van der Waals surface area contributed by atoms with Crippen LogP contribution in [0.25, 0.3) is 22.5 Å². The standard InChI is InChI=1S/C12H12N6/c1-18-12(13)10(8-2-5-14-6-3-8)11(17-18)9-4-7-15-16-9/h2-7H,13H2,1H3,(H,15,16). The molecule has 0 spiro atoms. The molecule has 3 aromatic heterocycles. The molecule has 0 bridgehead atoms. The van der Waals surface area contributed by atoms with E-state index >= 15 is 0 Å². The molecule has 6 nitrogen and oxygen atoms in total. The van der Waals surface area contributed by atoms with E-state index in [2.05, 4.69) is 20.3 Å². The second-order valence-corrected chi connectivity index (χ2v) is 3.94. The van der Waals surface area contributed by atoms with Crippen LogP contribution >= 0.6 is 0 Å². The van der Waals surface area contributed by atoms with Crippen LogP contribution < -0.4 is 5.73 Å². The Hall–Kier alpha value is -2.63. The van der Waals surface area contributed by atoms with Crippen molar-refractivity contribution < 1.29 is 0 Å². The fraction of sp³-hybridized carbons (Fsp3) is 0.0833. The molecule has 3 aromatic rings. The Kier molecular flexibility index (Phi) is 2.33. The molecule has 0 atom stereocenters. The summed E-state index contributed by atoms with van der Waals surface area (Å²) in [6.07, 6.45) is 5.16. The van der Waals surface area contributed by atoms with Crippen molar-refractivity contribution in [1.82, 2.24) is 25.0 Å². The SMILES string of the molecule is Cn1nc(-c2ccn[nH]2)c(-c2ccncc2)c1N. The fourth-order valence-corrected chi connectivity index (χ4v) is 1.92. The number of aryl methyl sites for hydroxylation is 1. The van der Waals surface area contributed by atoms with Crippen LogP contribution in [-0.2, 0) is 7.05 Å². The summed E-state index contributed by atoms with van der Waals surface area (Å²) in [7, 11) is 1.82. The molecular formula is C12H12N6. The summed E-state index contributed by atoms with van der Waals surface area (Å²) in [6.45, 7) is 0. The molecule has 0 amide bonds. The van der Waals surface area contributed by atoms with Gasteiger partial charge in [0, 0.05) is 25.6 Å². The van der Waals surface area contributed by atoms with Crippen LogP contribution in [0.3, 0.4) is 0 Å². The van der Waals surface area contributed by atoms with Gasteiger partial charge < -0.3 is 5.73 Å². The van der Waals surface area contributed by atoms with Gasteiger partial charge in [-0.2, -0.15) is 10.2 Å². The van der Waals surface area contributed by atoms with Gasteiger partial charge in [0.05, 0.1) is 11.3 Å². The lowest BCUT2D eigenvalue weighted by molar-refractivity contribution is 0.781. The van der Waals surface area contributed by atoms with E-state index in [9.17, 15) is 0 Å². The van der Waals surface area contributed by atoms with Gasteiger partial charge in [-0.15, -0.1) is 0 Å². The number of pyridine rings is 1. The molecule has 18 heavy (non-hydrogen) atoms. The second-order valence-electron chi connectivity index (χ2n) is 3.94. The Morgan fingerprint density at radius 2 is 1.94 bits per heavy atom. The lowest BCUT2D eigenvalue weighted by Gasteiger charge is -2.02. The zero-order valence-electron chi connectivity index (χ0n) is 9.83. The molecule has 0 saturated heterocycles. The minimum atomic E-state index is 0.616. The van der Waals surface area contributed by atoms with Crippen LogP contribution in [0.2, 0.25) is 0 Å². The minimum Gasteiger partial charge on any atom is -0.383 e. The number of nitrogen functional groups attached to an aromatic ring is 1. The largest absolute Gasteiger partial charge is 0.383 e. The van der Waals surface area contributed by atoms with Crippen molar-refractivity contribution in [1.29, 1.82) is 0 Å². The van der Waals surface area contributed by atoms with Gasteiger partial charge in [0.15, 0.2) is 0 Å². The zero-order valence-corrected chi connectivity index (χ0v) is 9.83. The molecule has 90 valence electrons. The third kappa shape index (κ3) is 1.55. The van der Waals surface area contributed by atoms with E-state index in [1.54, 1.807) is 23.3 Å². The van der Waals surface area contributed by atoms with Gasteiger partial charge in [-0.1, -0.05) is 0 Å². The maximum Gasteiger partial charge on any atom is 0.129 e. The number of aromatic amines is 1. The van der Waals surface area contributed by atoms with Crippen LogP contribution in [0.1, 0.15) is 0 Å². The van der Waals surface area contributed by atoms with E-state index in [0.717, 1.165) is 22.5 Å². The molecule has 0 aliphatic heterocycles. The topological polar surface area (TPSA) is 85.4 Å². The quantitative estimate of drug-likeness (QED) is 0.710. The molecule has 0 aliphatic rings. The van der Waals surface area contributed by atoms with E-state index in [1.165, 1.54) is 0 Å². The first-order chi connectivity index (χ1) is 8.77. The van der Waals surface area contributed by atoms with Crippen molar-refractivity contribution in [3.05, 3.63) is 36.8 Å². The van der Waals surface area contributed by atoms with Crippen molar-refractivity contribution >= 4 is 5.82 Å². The summed E-state index contributed by atoms with van der Waals surface area (Å²) in [6, 6.07) is 5.69. The average Bonchev–Trinajstić information content (AvgIpc) is 3.00. The lowest BCUT2D eigenvalue weighted by Crippen LogP contribution is -1.97. The third-order valence-corrected chi connectivity index (χ3v) is 2.82. The fourth-order valence-electron chi connectivity index (χ4n) is 1.92. The summed E-state index contributed by atoms with van der Waals surface area (Å²) in [5.41, 5.74) is 9.60. The van der Waals surface area contributed by atoms with Crippen LogP contribution in [0.15, 0.2) is 36.8 Å². The van der Waals surface area contributed by atoms with Gasteiger partial charge in [-0.25, -0.2) is 0 Å². The van der Waals surface area contributed by atoms with E-state index in [4.69, 9.17) is 5.73 Å². The van der Waals surface area contributed by atoms with Gasteiger partial charge in [0.2, 0.25) is 0 Å². The Bertz CT molecular complexity index is 653. The van der Waals surface area contributed by atoms with Crippen molar-refractivity contribution in [3.63, 3.8) is 0 Å². The predicted octanol–water partition coefficient (Wildman–Crippen LogP) is 1.45. The second kappa shape index (κ2) is 3.99. The molecule has 3 heterocycles. The van der Waals surface area contributed by atoms with Crippen LogP contribution in [0.4, 0.5) is 5.82 Å². The number of nitrogens with two attached hydrogens (primary N) is 1. The number of aromatic nitrogens is 5. The number of H-pyrrole nitrogens is 1. The monoisotopic (exact) mass is 240 g/mol. The number of nitrogens with zero attached hydrogens (tertiary/aromatic N) is 4. The Morgan fingerprint density at radius 1 is 1.17 bits per heavy atom. The number of hydrogen-bond acceptors (Lipinski definition) is 4. The molecule has 0 fully saturated rings. The Balaban J connectivity index is 2.26. The number of nitrogens with one attached hydrogen (secondary N) is 1. The molecule has 0 radical (unpaired) electrons. The van der Waals surface area contributed by atoms with Crippen LogP contribution in [-0.4, -0.2) is 25.0 Å². The number of hydrogen-bond donors (Lipinski definition) is 2. The van der Waals surface area contributed by atoms with E-state index < -0.39 is 0 Å². The van der Waals surface area contributed by atoms with Crippen molar-refractivity contribution in [2.24, 2.45) is 7.05 Å². The van der Waals surface area contributed by atoms with Crippen molar-refractivity contribution in [2.45, 2.75) is 0 Å². The van der Waals surface area contributed by atoms with Gasteiger partial charge in [0.1, 0.15) is 11.5 Å². The van der Waals surface area contributed by atoms with Crippen molar-refractivity contribution in [3.8, 4) is 22.5 Å². The van der Waals surface area contributed by atoms with Gasteiger partial charge in [-0.05, 0) is 23.8 Å². The van der Waals surface area contributed by atoms with Crippen LogP contribution in [0, 0.1) is 0 Å². The highest BCUT2D eigenvalue weighted by atomic mass is 15.3. The third-order valence-electron chi connectivity index (χ3n) is 2.82. The highest BCUT2D eigenvalue weighted by molar-refractivity contribution is 5.86. The highest BCUT2D eigenvalue weighted by Crippen LogP contribution is 2.34. The molecule has 0 saturated carbocycles. The molecular weight excluding hydrogens is 228 g/mol. The zero-order chi connectivity index (χ0) is 12.5. The molecule has 6 heteroatoms. The molecule has 3 rings (SSSR count). The van der Waals surface area contributed by atoms with E-state index in [0.29, 0.717) is 5.82 Å². The highest BCUT2D eigenvalue weighted by Gasteiger charge is 2.17. The summed E-state index contributed by atoms with van der Waals surface area (Å²) in [4.78, 5) is 4.01.